The third kappa shape index (κ3) is 0.902. The first-order valence-corrected chi connectivity index (χ1v) is 3.19. The highest BCUT2D eigenvalue weighted by Gasteiger charge is 1.97. The SMILES string of the molecule is O=Cc1ccc2nocc2c1. The Labute approximate surface area is 62.6 Å². The van der Waals surface area contributed by atoms with Crippen LogP contribution in [0.25, 0.3) is 10.9 Å². The van der Waals surface area contributed by atoms with E-state index < -0.39 is 0 Å². The smallest absolute Gasteiger partial charge is 0.150 e. The Morgan fingerprint density at radius 3 is 3.18 bits per heavy atom. The molecule has 0 radical (unpaired) electrons. The Hall–Kier alpha value is -1.64. The zero-order valence-electron chi connectivity index (χ0n) is 5.65. The van der Waals surface area contributed by atoms with E-state index in [1.807, 2.05) is 0 Å². The topological polar surface area (TPSA) is 43.1 Å². The van der Waals surface area contributed by atoms with Gasteiger partial charge in [0, 0.05) is 10.9 Å². The fourth-order valence-corrected chi connectivity index (χ4v) is 0.964. The van der Waals surface area contributed by atoms with Crippen molar-refractivity contribution in [2.75, 3.05) is 0 Å². The molecule has 54 valence electrons. The summed E-state index contributed by atoms with van der Waals surface area (Å²) in [4.78, 5) is 10.3. The van der Waals surface area contributed by atoms with E-state index in [1.165, 1.54) is 6.26 Å². The van der Waals surface area contributed by atoms with E-state index in [4.69, 9.17) is 4.52 Å². The lowest BCUT2D eigenvalue weighted by Gasteiger charge is -1.86. The summed E-state index contributed by atoms with van der Waals surface area (Å²) in [6.45, 7) is 0. The molecule has 0 aliphatic heterocycles. The lowest BCUT2D eigenvalue weighted by molar-refractivity contribution is 0.112. The molecule has 1 aromatic heterocycles. The molecular formula is C8H5NO2. The van der Waals surface area contributed by atoms with E-state index in [0.29, 0.717) is 5.56 Å². The summed E-state index contributed by atoms with van der Waals surface area (Å²) >= 11 is 0. The quantitative estimate of drug-likeness (QED) is 0.576. The van der Waals surface area contributed by atoms with Crippen LogP contribution in [0.2, 0.25) is 0 Å². The Morgan fingerprint density at radius 2 is 2.36 bits per heavy atom. The number of benzene rings is 1. The number of rotatable bonds is 1. The molecular weight excluding hydrogens is 142 g/mol. The highest BCUT2D eigenvalue weighted by Crippen LogP contribution is 2.12. The van der Waals surface area contributed by atoms with Crippen molar-refractivity contribution in [2.24, 2.45) is 0 Å². The number of fused-ring (bicyclic) bond motifs is 1. The molecule has 0 atom stereocenters. The minimum Gasteiger partial charge on any atom is -0.364 e. The van der Waals surface area contributed by atoms with Crippen LogP contribution in [-0.2, 0) is 0 Å². The van der Waals surface area contributed by atoms with Crippen molar-refractivity contribution in [3.63, 3.8) is 0 Å². The first-order chi connectivity index (χ1) is 5.40. The summed E-state index contributed by atoms with van der Waals surface area (Å²) in [6, 6.07) is 5.19. The maximum Gasteiger partial charge on any atom is 0.150 e. The molecule has 2 aromatic rings. The molecule has 0 bridgehead atoms. The maximum absolute atomic E-state index is 10.3. The second-order valence-electron chi connectivity index (χ2n) is 2.25. The molecule has 0 spiro atoms. The number of carbonyl (C=O) groups excluding carboxylic acids is 1. The Balaban J connectivity index is 2.76. The van der Waals surface area contributed by atoms with E-state index in [-0.39, 0.29) is 0 Å². The van der Waals surface area contributed by atoms with Gasteiger partial charge in [-0.2, -0.15) is 0 Å². The molecule has 11 heavy (non-hydrogen) atoms. The number of aldehydes is 1. The summed E-state index contributed by atoms with van der Waals surface area (Å²) < 4.78 is 4.70. The average Bonchev–Trinajstić information content (AvgIpc) is 2.50. The number of hydrogen-bond acceptors (Lipinski definition) is 3. The van der Waals surface area contributed by atoms with Gasteiger partial charge < -0.3 is 4.52 Å². The third-order valence-corrected chi connectivity index (χ3v) is 1.52. The number of aromatic nitrogens is 1. The molecule has 0 saturated carbocycles. The van der Waals surface area contributed by atoms with Crippen molar-refractivity contribution in [1.29, 1.82) is 0 Å². The monoisotopic (exact) mass is 147 g/mol. The van der Waals surface area contributed by atoms with E-state index in [9.17, 15) is 4.79 Å². The number of nitrogens with zero attached hydrogens (tertiary/aromatic N) is 1. The molecule has 1 heterocycles. The standard InChI is InChI=1S/C8H5NO2/c10-4-6-1-2-8-7(3-6)5-11-9-8/h1-5H. The number of carbonyl (C=O) groups is 1. The van der Waals surface area contributed by atoms with Crippen LogP contribution < -0.4 is 0 Å². The summed E-state index contributed by atoms with van der Waals surface area (Å²) in [5.74, 6) is 0. The second-order valence-corrected chi connectivity index (χ2v) is 2.25. The van der Waals surface area contributed by atoms with Crippen LogP contribution in [0.3, 0.4) is 0 Å². The molecule has 0 fully saturated rings. The molecule has 1 aromatic carbocycles. The molecule has 0 unspecified atom stereocenters. The largest absolute Gasteiger partial charge is 0.364 e. The van der Waals surface area contributed by atoms with Gasteiger partial charge in [-0.25, -0.2) is 0 Å². The van der Waals surface area contributed by atoms with Crippen LogP contribution in [0.4, 0.5) is 0 Å². The summed E-state index contributed by atoms with van der Waals surface area (Å²) in [7, 11) is 0. The predicted octanol–water partition coefficient (Wildman–Crippen LogP) is 1.64. The maximum atomic E-state index is 10.3. The first kappa shape index (κ1) is 6.09. The molecule has 3 nitrogen and oxygen atoms in total. The fourth-order valence-electron chi connectivity index (χ4n) is 0.964. The van der Waals surface area contributed by atoms with E-state index in [1.54, 1.807) is 18.2 Å². The molecule has 0 saturated heterocycles. The van der Waals surface area contributed by atoms with Crippen molar-refractivity contribution in [3.05, 3.63) is 30.0 Å². The van der Waals surface area contributed by atoms with Crippen LogP contribution >= 0.6 is 0 Å². The highest BCUT2D eigenvalue weighted by molar-refractivity contribution is 5.85. The fraction of sp³-hybridized carbons (Fsp3) is 0. The lowest BCUT2D eigenvalue weighted by atomic mass is 10.2. The Morgan fingerprint density at radius 1 is 1.45 bits per heavy atom. The minimum absolute atomic E-state index is 0.640. The van der Waals surface area contributed by atoms with Gasteiger partial charge in [0.25, 0.3) is 0 Å². The minimum atomic E-state index is 0.640. The zero-order chi connectivity index (χ0) is 7.68. The van der Waals surface area contributed by atoms with Gasteiger partial charge in [-0.3, -0.25) is 4.79 Å². The molecule has 3 heteroatoms. The molecule has 0 aliphatic rings. The van der Waals surface area contributed by atoms with Gasteiger partial charge in [0.1, 0.15) is 18.1 Å². The normalized spacial score (nSPS) is 10.2. The third-order valence-electron chi connectivity index (χ3n) is 1.52. The summed E-state index contributed by atoms with van der Waals surface area (Å²) in [6.07, 6.45) is 2.31. The van der Waals surface area contributed by atoms with E-state index in [0.717, 1.165) is 17.2 Å². The van der Waals surface area contributed by atoms with E-state index >= 15 is 0 Å². The van der Waals surface area contributed by atoms with E-state index in [2.05, 4.69) is 5.16 Å². The van der Waals surface area contributed by atoms with Crippen LogP contribution in [0.15, 0.2) is 29.0 Å². The van der Waals surface area contributed by atoms with Crippen molar-refractivity contribution in [1.82, 2.24) is 5.16 Å². The van der Waals surface area contributed by atoms with Crippen molar-refractivity contribution in [3.8, 4) is 0 Å². The van der Waals surface area contributed by atoms with Gasteiger partial charge >= 0.3 is 0 Å². The molecule has 0 N–H and O–H groups in total. The molecule has 0 amide bonds. The van der Waals surface area contributed by atoms with Gasteiger partial charge in [-0.1, -0.05) is 5.16 Å². The number of hydrogen-bond donors (Lipinski definition) is 0. The van der Waals surface area contributed by atoms with Crippen LogP contribution in [0.5, 0.6) is 0 Å². The van der Waals surface area contributed by atoms with Gasteiger partial charge in [-0.15, -0.1) is 0 Å². The van der Waals surface area contributed by atoms with Gasteiger partial charge in [0.05, 0.1) is 0 Å². The van der Waals surface area contributed by atoms with Gasteiger partial charge in [-0.05, 0) is 18.2 Å². The van der Waals surface area contributed by atoms with Gasteiger partial charge in [0.15, 0.2) is 0 Å². The second kappa shape index (κ2) is 2.20. The van der Waals surface area contributed by atoms with Crippen LogP contribution in [-0.4, -0.2) is 11.4 Å². The summed E-state index contributed by atoms with van der Waals surface area (Å²) in [5, 5.41) is 4.56. The molecule has 0 aliphatic carbocycles. The van der Waals surface area contributed by atoms with Crippen molar-refractivity contribution in [2.45, 2.75) is 0 Å². The highest BCUT2D eigenvalue weighted by atomic mass is 16.5. The summed E-state index contributed by atoms with van der Waals surface area (Å²) in [5.41, 5.74) is 1.41. The van der Waals surface area contributed by atoms with Crippen molar-refractivity contribution < 1.29 is 9.32 Å². The van der Waals surface area contributed by atoms with Crippen LogP contribution in [0.1, 0.15) is 10.4 Å². The Kier molecular flexibility index (Phi) is 1.22. The predicted molar refractivity (Wildman–Crippen MR) is 39.4 cm³/mol. The van der Waals surface area contributed by atoms with Crippen LogP contribution in [0, 0.1) is 0 Å². The van der Waals surface area contributed by atoms with Gasteiger partial charge in [0.2, 0.25) is 0 Å². The Bertz CT molecular complexity index is 392. The average molecular weight is 147 g/mol. The molecule has 2 rings (SSSR count). The van der Waals surface area contributed by atoms with Crippen molar-refractivity contribution >= 4 is 17.2 Å². The zero-order valence-corrected chi connectivity index (χ0v) is 5.65. The first-order valence-electron chi connectivity index (χ1n) is 3.19. The lowest BCUT2D eigenvalue weighted by Crippen LogP contribution is -1.76.